The van der Waals surface area contributed by atoms with Gasteiger partial charge in [-0.1, -0.05) is 24.3 Å². The van der Waals surface area contributed by atoms with E-state index in [-0.39, 0.29) is 17.7 Å². The number of primary amides is 1. The van der Waals surface area contributed by atoms with Crippen molar-refractivity contribution in [1.82, 2.24) is 14.7 Å². The van der Waals surface area contributed by atoms with E-state index in [4.69, 9.17) is 5.73 Å². The minimum atomic E-state index is -0.300. The van der Waals surface area contributed by atoms with Crippen LogP contribution >= 0.6 is 0 Å². The molecule has 2 aliphatic rings. The highest BCUT2D eigenvalue weighted by Gasteiger charge is 2.28. The minimum Gasteiger partial charge on any atom is -0.369 e. The summed E-state index contributed by atoms with van der Waals surface area (Å²) in [6.07, 6.45) is 4.17. The molecule has 2 heterocycles. The van der Waals surface area contributed by atoms with Gasteiger partial charge in [-0.2, -0.15) is 0 Å². The van der Waals surface area contributed by atoms with E-state index in [1.54, 1.807) is 0 Å². The molecular formula is C21H32N4O2. The van der Waals surface area contributed by atoms with Crippen LogP contribution in [0.25, 0.3) is 0 Å². The Kier molecular flexibility index (Phi) is 6.85. The molecule has 2 fully saturated rings. The van der Waals surface area contributed by atoms with Crippen molar-refractivity contribution in [1.29, 1.82) is 0 Å². The molecule has 2 aliphatic heterocycles. The number of hydrogen-bond acceptors (Lipinski definition) is 4. The van der Waals surface area contributed by atoms with Crippen molar-refractivity contribution in [2.24, 2.45) is 11.7 Å². The van der Waals surface area contributed by atoms with E-state index < -0.39 is 0 Å². The second-order valence-corrected chi connectivity index (χ2v) is 7.96. The van der Waals surface area contributed by atoms with Crippen molar-refractivity contribution in [3.63, 3.8) is 0 Å². The number of nitrogens with zero attached hydrogens (tertiary/aromatic N) is 3. The van der Waals surface area contributed by atoms with E-state index in [1.807, 2.05) is 16.8 Å². The average molecular weight is 373 g/mol. The van der Waals surface area contributed by atoms with Gasteiger partial charge < -0.3 is 10.6 Å². The number of carbonyl (C=O) groups is 2. The zero-order valence-corrected chi connectivity index (χ0v) is 16.4. The van der Waals surface area contributed by atoms with E-state index in [9.17, 15) is 9.59 Å². The van der Waals surface area contributed by atoms with Crippen molar-refractivity contribution in [3.05, 3.63) is 35.4 Å². The summed E-state index contributed by atoms with van der Waals surface area (Å²) in [7, 11) is 1.91. The van der Waals surface area contributed by atoms with E-state index in [0.29, 0.717) is 13.1 Å². The summed E-state index contributed by atoms with van der Waals surface area (Å²) in [5, 5.41) is 0. The lowest BCUT2D eigenvalue weighted by Crippen LogP contribution is -2.43. The van der Waals surface area contributed by atoms with Crippen molar-refractivity contribution < 1.29 is 9.59 Å². The zero-order chi connectivity index (χ0) is 19.2. The topological polar surface area (TPSA) is 69.9 Å². The van der Waals surface area contributed by atoms with Crippen LogP contribution in [0.2, 0.25) is 0 Å². The Morgan fingerprint density at radius 2 is 1.67 bits per heavy atom. The number of amides is 2. The van der Waals surface area contributed by atoms with Crippen LogP contribution in [0.15, 0.2) is 24.3 Å². The lowest BCUT2D eigenvalue weighted by atomic mass is 9.95. The Bertz CT molecular complexity index is 649. The molecule has 2 N–H and O–H groups in total. The Morgan fingerprint density at radius 1 is 1.04 bits per heavy atom. The Labute approximate surface area is 162 Å². The van der Waals surface area contributed by atoms with Gasteiger partial charge in [0.05, 0.1) is 6.54 Å². The highest BCUT2D eigenvalue weighted by atomic mass is 16.2. The average Bonchev–Trinajstić information content (AvgIpc) is 3.16. The molecule has 0 aromatic heterocycles. The van der Waals surface area contributed by atoms with E-state index in [0.717, 1.165) is 32.5 Å². The number of carbonyl (C=O) groups excluding carboxylic acids is 2. The zero-order valence-electron chi connectivity index (χ0n) is 16.4. The van der Waals surface area contributed by atoms with Gasteiger partial charge in [-0.15, -0.1) is 0 Å². The van der Waals surface area contributed by atoms with E-state index in [1.165, 1.54) is 37.1 Å². The fourth-order valence-corrected chi connectivity index (χ4v) is 4.25. The molecule has 2 amide bonds. The van der Waals surface area contributed by atoms with Gasteiger partial charge in [0.1, 0.15) is 0 Å². The van der Waals surface area contributed by atoms with Gasteiger partial charge in [0.2, 0.25) is 11.8 Å². The number of likely N-dealkylation sites (tertiary alicyclic amines) is 2. The highest BCUT2D eigenvalue weighted by Crippen LogP contribution is 2.22. The molecule has 6 heteroatoms. The van der Waals surface area contributed by atoms with Gasteiger partial charge in [0.25, 0.3) is 0 Å². The normalized spacial score (nSPS) is 19.3. The van der Waals surface area contributed by atoms with Gasteiger partial charge in [-0.25, -0.2) is 0 Å². The molecule has 2 saturated heterocycles. The highest BCUT2D eigenvalue weighted by molar-refractivity contribution is 5.79. The predicted molar refractivity (Wildman–Crippen MR) is 106 cm³/mol. The first-order valence-electron chi connectivity index (χ1n) is 10.1. The molecule has 148 valence electrons. The summed E-state index contributed by atoms with van der Waals surface area (Å²) in [5.41, 5.74) is 7.84. The first kappa shape index (κ1) is 19.8. The smallest absolute Gasteiger partial charge is 0.231 e. The predicted octanol–water partition coefficient (Wildman–Crippen LogP) is 1.44. The third-order valence-electron chi connectivity index (χ3n) is 5.81. The minimum absolute atomic E-state index is 0.0462. The van der Waals surface area contributed by atoms with Crippen LogP contribution in [0, 0.1) is 5.92 Å². The Hall–Kier alpha value is -1.92. The monoisotopic (exact) mass is 372 g/mol. The number of hydrogen-bond donors (Lipinski definition) is 1. The summed E-state index contributed by atoms with van der Waals surface area (Å²) in [4.78, 5) is 30.4. The van der Waals surface area contributed by atoms with Crippen molar-refractivity contribution in [3.8, 4) is 0 Å². The van der Waals surface area contributed by atoms with Crippen LogP contribution in [0.1, 0.15) is 36.8 Å². The van der Waals surface area contributed by atoms with Crippen LogP contribution in [0.5, 0.6) is 0 Å². The van der Waals surface area contributed by atoms with E-state index >= 15 is 0 Å². The molecule has 1 aromatic carbocycles. The number of piperidine rings is 1. The second kappa shape index (κ2) is 9.33. The molecule has 3 rings (SSSR count). The fourth-order valence-electron chi connectivity index (χ4n) is 4.25. The van der Waals surface area contributed by atoms with Crippen molar-refractivity contribution in [2.75, 3.05) is 39.8 Å². The molecule has 0 spiro atoms. The molecule has 6 nitrogen and oxygen atoms in total. The summed E-state index contributed by atoms with van der Waals surface area (Å²) >= 11 is 0. The van der Waals surface area contributed by atoms with Crippen molar-refractivity contribution in [2.45, 2.75) is 38.8 Å². The summed E-state index contributed by atoms with van der Waals surface area (Å²) in [5.74, 6) is -0.0407. The van der Waals surface area contributed by atoms with Gasteiger partial charge in [-0.05, 0) is 63.0 Å². The number of rotatable bonds is 7. The molecule has 0 saturated carbocycles. The maximum absolute atomic E-state index is 12.9. The molecule has 0 unspecified atom stereocenters. The van der Waals surface area contributed by atoms with Crippen LogP contribution in [-0.4, -0.2) is 66.3 Å². The molecule has 0 bridgehead atoms. The molecule has 0 radical (unpaired) electrons. The molecule has 27 heavy (non-hydrogen) atoms. The van der Waals surface area contributed by atoms with Gasteiger partial charge in [0, 0.05) is 26.1 Å². The number of nitrogens with two attached hydrogens (primary N) is 1. The summed E-state index contributed by atoms with van der Waals surface area (Å²) in [6.45, 7) is 5.80. The van der Waals surface area contributed by atoms with Gasteiger partial charge in [-0.3, -0.25) is 19.4 Å². The third-order valence-corrected chi connectivity index (χ3v) is 5.81. The quantitative estimate of drug-likeness (QED) is 0.786. The number of benzene rings is 1. The standard InChI is InChI=1S/C21H32N4O2/c1-23(21(27)17-8-12-25(13-9-17)16-20(22)26)14-18-6-2-3-7-19(18)15-24-10-4-5-11-24/h2-3,6-7,17H,4-5,8-16H2,1H3,(H2,22,26). The lowest BCUT2D eigenvalue weighted by Gasteiger charge is -2.32. The Morgan fingerprint density at radius 3 is 2.30 bits per heavy atom. The van der Waals surface area contributed by atoms with E-state index in [2.05, 4.69) is 29.2 Å². The third kappa shape index (κ3) is 5.53. The molecule has 1 aromatic rings. The van der Waals surface area contributed by atoms with Crippen LogP contribution < -0.4 is 5.73 Å². The van der Waals surface area contributed by atoms with Crippen LogP contribution in [0.4, 0.5) is 0 Å². The fraction of sp³-hybridized carbons (Fsp3) is 0.619. The maximum atomic E-state index is 12.9. The SMILES string of the molecule is CN(Cc1ccccc1CN1CCCC1)C(=O)C1CCN(CC(N)=O)CC1. The molecule has 0 aliphatic carbocycles. The Balaban J connectivity index is 1.55. The summed E-state index contributed by atoms with van der Waals surface area (Å²) < 4.78 is 0. The van der Waals surface area contributed by atoms with Gasteiger partial charge in [0.15, 0.2) is 0 Å². The van der Waals surface area contributed by atoms with Gasteiger partial charge >= 0.3 is 0 Å². The first-order valence-corrected chi connectivity index (χ1v) is 10.1. The largest absolute Gasteiger partial charge is 0.369 e. The first-order chi connectivity index (χ1) is 13.0. The molecule has 0 atom stereocenters. The summed E-state index contributed by atoms with van der Waals surface area (Å²) in [6, 6.07) is 8.48. The van der Waals surface area contributed by atoms with Crippen LogP contribution in [0.3, 0.4) is 0 Å². The van der Waals surface area contributed by atoms with Crippen LogP contribution in [-0.2, 0) is 22.7 Å². The second-order valence-electron chi connectivity index (χ2n) is 7.96. The van der Waals surface area contributed by atoms with Crippen molar-refractivity contribution >= 4 is 11.8 Å². The molecular weight excluding hydrogens is 340 g/mol. The maximum Gasteiger partial charge on any atom is 0.231 e. The lowest BCUT2D eigenvalue weighted by molar-refractivity contribution is -0.136.